The molecule has 0 heterocycles. The molecule has 1 N–H and O–H groups in total. The van der Waals surface area contributed by atoms with Crippen molar-refractivity contribution in [3.8, 4) is 6.07 Å². The number of halogens is 2. The summed E-state index contributed by atoms with van der Waals surface area (Å²) in [6.45, 7) is 0. The van der Waals surface area contributed by atoms with Crippen molar-refractivity contribution in [1.29, 1.82) is 5.26 Å². The third-order valence-corrected chi connectivity index (χ3v) is 4.49. The lowest BCUT2D eigenvalue weighted by molar-refractivity contribution is 0.0487. The summed E-state index contributed by atoms with van der Waals surface area (Å²) in [5.74, 6) is -0.458. The van der Waals surface area contributed by atoms with Crippen molar-refractivity contribution in [2.24, 2.45) is 5.41 Å². The second-order valence-corrected chi connectivity index (χ2v) is 6.17. The van der Waals surface area contributed by atoms with Crippen LogP contribution in [0.1, 0.15) is 50.2 Å². The summed E-state index contributed by atoms with van der Waals surface area (Å²) in [6.07, 6.45) is 4.23. The van der Waals surface area contributed by atoms with E-state index in [1.54, 1.807) is 12.1 Å². The van der Waals surface area contributed by atoms with Crippen LogP contribution in [0.3, 0.4) is 0 Å². The van der Waals surface area contributed by atoms with Crippen LogP contribution < -0.4 is 0 Å². The third kappa shape index (κ3) is 2.98. The van der Waals surface area contributed by atoms with Crippen LogP contribution in [0.25, 0.3) is 0 Å². The zero-order valence-corrected chi connectivity index (χ0v) is 12.3. The van der Waals surface area contributed by atoms with E-state index in [4.69, 9.17) is 0 Å². The molecule has 102 valence electrons. The standard InChI is InChI=1S/C15H17BrFNO/c16-11-5-6-12(13(17)9-11)14(19)15(10-18)7-3-1-2-4-8-15/h5-6,9,14,19H,1-4,7-8H2. The summed E-state index contributed by atoms with van der Waals surface area (Å²) in [5.41, 5.74) is -0.614. The van der Waals surface area contributed by atoms with Gasteiger partial charge in [0.15, 0.2) is 0 Å². The Hall–Kier alpha value is -0.920. The van der Waals surface area contributed by atoms with Gasteiger partial charge in [-0.15, -0.1) is 0 Å². The molecule has 1 aliphatic rings. The number of aliphatic hydroxyl groups excluding tert-OH is 1. The fourth-order valence-electron chi connectivity index (χ4n) is 2.83. The smallest absolute Gasteiger partial charge is 0.130 e. The molecule has 0 bridgehead atoms. The Balaban J connectivity index is 2.34. The van der Waals surface area contributed by atoms with Gasteiger partial charge >= 0.3 is 0 Å². The van der Waals surface area contributed by atoms with Crippen molar-refractivity contribution < 1.29 is 9.50 Å². The Morgan fingerprint density at radius 2 is 1.89 bits per heavy atom. The largest absolute Gasteiger partial charge is 0.387 e. The predicted octanol–water partition coefficient (Wildman–Crippen LogP) is 4.49. The number of nitriles is 1. The first-order chi connectivity index (χ1) is 9.09. The van der Waals surface area contributed by atoms with Crippen LogP contribution in [-0.2, 0) is 0 Å². The molecule has 19 heavy (non-hydrogen) atoms. The zero-order chi connectivity index (χ0) is 13.9. The first-order valence-corrected chi connectivity index (χ1v) is 7.43. The molecule has 1 saturated carbocycles. The third-order valence-electron chi connectivity index (χ3n) is 4.00. The first-order valence-electron chi connectivity index (χ1n) is 6.63. The molecule has 1 atom stereocenters. The number of hydrogen-bond acceptors (Lipinski definition) is 2. The van der Waals surface area contributed by atoms with E-state index in [9.17, 15) is 14.8 Å². The van der Waals surface area contributed by atoms with Gasteiger partial charge in [-0.2, -0.15) is 5.26 Å². The van der Waals surface area contributed by atoms with Gasteiger partial charge in [-0.3, -0.25) is 0 Å². The Kier molecular flexibility index (Phi) is 4.59. The molecule has 0 aromatic heterocycles. The van der Waals surface area contributed by atoms with Crippen molar-refractivity contribution >= 4 is 15.9 Å². The maximum absolute atomic E-state index is 14.0. The lowest BCUT2D eigenvalue weighted by Crippen LogP contribution is -2.27. The van der Waals surface area contributed by atoms with E-state index in [-0.39, 0.29) is 5.56 Å². The van der Waals surface area contributed by atoms with Gasteiger partial charge in [0, 0.05) is 10.0 Å². The second-order valence-electron chi connectivity index (χ2n) is 5.25. The minimum absolute atomic E-state index is 0.228. The normalized spacial score (nSPS) is 20.3. The van der Waals surface area contributed by atoms with E-state index >= 15 is 0 Å². The fraction of sp³-hybridized carbons (Fsp3) is 0.533. The maximum atomic E-state index is 14.0. The highest BCUT2D eigenvalue weighted by Crippen LogP contribution is 2.45. The molecule has 1 fully saturated rings. The van der Waals surface area contributed by atoms with Crippen molar-refractivity contribution in [2.75, 3.05) is 0 Å². The lowest BCUT2D eigenvalue weighted by Gasteiger charge is -2.31. The summed E-state index contributed by atoms with van der Waals surface area (Å²) < 4.78 is 14.6. The molecule has 0 aliphatic heterocycles. The monoisotopic (exact) mass is 325 g/mol. The van der Waals surface area contributed by atoms with Crippen LogP contribution in [0.4, 0.5) is 4.39 Å². The molecule has 0 saturated heterocycles. The quantitative estimate of drug-likeness (QED) is 0.814. The van der Waals surface area contributed by atoms with Crippen LogP contribution in [0.5, 0.6) is 0 Å². The van der Waals surface area contributed by atoms with Gasteiger partial charge in [-0.05, 0) is 25.0 Å². The Bertz CT molecular complexity index is 489. The van der Waals surface area contributed by atoms with Crippen molar-refractivity contribution in [1.82, 2.24) is 0 Å². The van der Waals surface area contributed by atoms with Gasteiger partial charge in [-0.25, -0.2) is 4.39 Å². The van der Waals surface area contributed by atoms with Crippen LogP contribution in [0.15, 0.2) is 22.7 Å². The highest BCUT2D eigenvalue weighted by molar-refractivity contribution is 9.10. The minimum Gasteiger partial charge on any atom is -0.387 e. The van der Waals surface area contributed by atoms with Gasteiger partial charge in [0.05, 0.1) is 11.5 Å². The summed E-state index contributed by atoms with van der Waals surface area (Å²) in [4.78, 5) is 0. The maximum Gasteiger partial charge on any atom is 0.130 e. The summed E-state index contributed by atoms with van der Waals surface area (Å²) >= 11 is 3.20. The number of benzene rings is 1. The van der Waals surface area contributed by atoms with E-state index < -0.39 is 17.3 Å². The Labute approximate surface area is 121 Å². The number of hydrogen-bond donors (Lipinski definition) is 1. The number of rotatable bonds is 2. The van der Waals surface area contributed by atoms with E-state index in [0.29, 0.717) is 17.3 Å². The van der Waals surface area contributed by atoms with Crippen molar-refractivity contribution in [3.05, 3.63) is 34.1 Å². The summed E-state index contributed by atoms with van der Waals surface area (Å²) in [7, 11) is 0. The topological polar surface area (TPSA) is 44.0 Å². The average molecular weight is 326 g/mol. The first kappa shape index (κ1) is 14.5. The van der Waals surface area contributed by atoms with Gasteiger partial charge < -0.3 is 5.11 Å². The second kappa shape index (κ2) is 6.02. The van der Waals surface area contributed by atoms with E-state index in [1.807, 2.05) is 0 Å². The van der Waals surface area contributed by atoms with E-state index in [1.165, 1.54) is 6.07 Å². The molecule has 1 aromatic rings. The molecule has 1 aliphatic carbocycles. The Morgan fingerprint density at radius 1 is 1.26 bits per heavy atom. The van der Waals surface area contributed by atoms with Crippen LogP contribution in [0, 0.1) is 22.6 Å². The van der Waals surface area contributed by atoms with Crippen LogP contribution in [-0.4, -0.2) is 5.11 Å². The molecule has 0 amide bonds. The molecule has 4 heteroatoms. The van der Waals surface area contributed by atoms with Gasteiger partial charge in [0.1, 0.15) is 11.9 Å². The highest BCUT2D eigenvalue weighted by atomic mass is 79.9. The summed E-state index contributed by atoms with van der Waals surface area (Å²) in [6, 6.07) is 6.86. The van der Waals surface area contributed by atoms with Gasteiger partial charge in [-0.1, -0.05) is 47.7 Å². The average Bonchev–Trinajstić information content (AvgIpc) is 2.64. The predicted molar refractivity (Wildman–Crippen MR) is 74.8 cm³/mol. The van der Waals surface area contributed by atoms with Crippen molar-refractivity contribution in [2.45, 2.75) is 44.6 Å². The molecular formula is C15H17BrFNO. The molecule has 0 spiro atoms. The van der Waals surface area contributed by atoms with Gasteiger partial charge in [0.25, 0.3) is 0 Å². The minimum atomic E-state index is -1.05. The Morgan fingerprint density at radius 3 is 2.42 bits per heavy atom. The number of aliphatic hydroxyl groups is 1. The molecule has 1 unspecified atom stereocenters. The lowest BCUT2D eigenvalue weighted by atomic mass is 9.74. The van der Waals surface area contributed by atoms with Crippen LogP contribution in [0.2, 0.25) is 0 Å². The summed E-state index contributed by atoms with van der Waals surface area (Å²) in [5, 5.41) is 20.0. The van der Waals surface area contributed by atoms with Crippen LogP contribution >= 0.6 is 15.9 Å². The SMILES string of the molecule is N#CC1(C(O)c2ccc(Br)cc2F)CCCCCC1. The van der Waals surface area contributed by atoms with Crippen molar-refractivity contribution in [3.63, 3.8) is 0 Å². The zero-order valence-electron chi connectivity index (χ0n) is 10.7. The van der Waals surface area contributed by atoms with Gasteiger partial charge in [0.2, 0.25) is 0 Å². The highest BCUT2D eigenvalue weighted by Gasteiger charge is 2.40. The molecular weight excluding hydrogens is 309 g/mol. The molecule has 2 nitrogen and oxygen atoms in total. The van der Waals surface area contributed by atoms with E-state index in [0.717, 1.165) is 25.7 Å². The molecule has 2 rings (SSSR count). The van der Waals surface area contributed by atoms with E-state index in [2.05, 4.69) is 22.0 Å². The molecule has 0 radical (unpaired) electrons. The number of nitrogens with zero attached hydrogens (tertiary/aromatic N) is 1. The molecule has 1 aromatic carbocycles. The fourth-order valence-corrected chi connectivity index (χ4v) is 3.16.